The zero-order valence-corrected chi connectivity index (χ0v) is 10.6. The minimum Gasteiger partial charge on any atom is -0.481 e. The van der Waals surface area contributed by atoms with Crippen LogP contribution in [0.3, 0.4) is 0 Å². The van der Waals surface area contributed by atoms with Crippen molar-refractivity contribution in [2.75, 3.05) is 5.32 Å². The van der Waals surface area contributed by atoms with Gasteiger partial charge in [-0.3, -0.25) is 9.59 Å². The largest absolute Gasteiger partial charge is 0.481 e. The summed E-state index contributed by atoms with van der Waals surface area (Å²) in [5.41, 5.74) is 2.17. The maximum Gasteiger partial charge on any atom is 0.309 e. The predicted octanol–water partition coefficient (Wildman–Crippen LogP) is 2.22. The van der Waals surface area contributed by atoms with E-state index < -0.39 is 11.4 Å². The van der Waals surface area contributed by atoms with Crippen molar-refractivity contribution in [1.82, 2.24) is 0 Å². The summed E-state index contributed by atoms with van der Waals surface area (Å²) in [6.45, 7) is 3.44. The zero-order valence-electron chi connectivity index (χ0n) is 10.6. The van der Waals surface area contributed by atoms with Crippen LogP contribution in [0.1, 0.15) is 31.4 Å². The van der Waals surface area contributed by atoms with Crippen molar-refractivity contribution in [2.24, 2.45) is 5.41 Å². The quantitative estimate of drug-likeness (QED) is 0.860. The van der Waals surface area contributed by atoms with E-state index in [9.17, 15) is 9.59 Å². The number of amides is 1. The molecule has 0 atom stereocenters. The van der Waals surface area contributed by atoms with Crippen LogP contribution in [0.2, 0.25) is 0 Å². The number of anilines is 1. The van der Waals surface area contributed by atoms with Gasteiger partial charge in [-0.1, -0.05) is 12.1 Å². The van der Waals surface area contributed by atoms with E-state index in [1.165, 1.54) is 0 Å². The summed E-state index contributed by atoms with van der Waals surface area (Å²) in [7, 11) is 0. The number of carboxylic acid groups (broad SMARTS) is 1. The van der Waals surface area contributed by atoms with E-state index in [1.807, 2.05) is 18.2 Å². The third-order valence-corrected chi connectivity index (χ3v) is 3.29. The summed E-state index contributed by atoms with van der Waals surface area (Å²) < 4.78 is 0. The van der Waals surface area contributed by atoms with Gasteiger partial charge in [-0.15, -0.1) is 0 Å². The lowest BCUT2D eigenvalue weighted by Crippen LogP contribution is -2.26. The maximum absolute atomic E-state index is 11.2. The van der Waals surface area contributed by atoms with Crippen LogP contribution in [0.15, 0.2) is 18.2 Å². The molecule has 0 fully saturated rings. The molecule has 18 heavy (non-hydrogen) atoms. The second-order valence-electron chi connectivity index (χ2n) is 5.41. The Kier molecular flexibility index (Phi) is 3.11. The van der Waals surface area contributed by atoms with Crippen LogP contribution in [-0.2, 0) is 22.4 Å². The number of carboxylic acids is 1. The SMILES string of the molecule is CC(C)(Cc1ccc2c(c1)CCC(=O)N2)C(=O)O. The van der Waals surface area contributed by atoms with Crippen molar-refractivity contribution in [3.05, 3.63) is 29.3 Å². The molecule has 0 unspecified atom stereocenters. The number of nitrogens with one attached hydrogen (secondary N) is 1. The van der Waals surface area contributed by atoms with Gasteiger partial charge in [-0.05, 0) is 43.9 Å². The van der Waals surface area contributed by atoms with Crippen LogP contribution in [0.25, 0.3) is 0 Å². The number of hydrogen-bond donors (Lipinski definition) is 2. The monoisotopic (exact) mass is 247 g/mol. The summed E-state index contributed by atoms with van der Waals surface area (Å²) in [4.78, 5) is 22.3. The van der Waals surface area contributed by atoms with Crippen LogP contribution < -0.4 is 5.32 Å². The molecule has 1 aromatic carbocycles. The minimum absolute atomic E-state index is 0.0427. The average molecular weight is 247 g/mol. The van der Waals surface area contributed by atoms with Crippen LogP contribution in [0, 0.1) is 5.41 Å². The van der Waals surface area contributed by atoms with E-state index in [-0.39, 0.29) is 5.91 Å². The molecule has 1 amide bonds. The number of aliphatic carboxylic acids is 1. The molecule has 0 spiro atoms. The molecule has 0 saturated heterocycles. The van der Waals surface area contributed by atoms with Crippen LogP contribution in [-0.4, -0.2) is 17.0 Å². The lowest BCUT2D eigenvalue weighted by Gasteiger charge is -2.21. The zero-order chi connectivity index (χ0) is 13.3. The van der Waals surface area contributed by atoms with Crippen LogP contribution in [0.4, 0.5) is 5.69 Å². The second-order valence-corrected chi connectivity index (χ2v) is 5.41. The van der Waals surface area contributed by atoms with Gasteiger partial charge in [0, 0.05) is 12.1 Å². The second kappa shape index (κ2) is 4.44. The molecule has 1 aromatic rings. The first-order chi connectivity index (χ1) is 8.38. The minimum atomic E-state index is -0.798. The highest BCUT2D eigenvalue weighted by molar-refractivity contribution is 5.93. The Labute approximate surface area is 106 Å². The van der Waals surface area contributed by atoms with E-state index in [4.69, 9.17) is 5.11 Å². The van der Waals surface area contributed by atoms with E-state index >= 15 is 0 Å². The van der Waals surface area contributed by atoms with Crippen LogP contribution >= 0.6 is 0 Å². The molecule has 1 aliphatic rings. The van der Waals surface area contributed by atoms with Crippen molar-refractivity contribution in [2.45, 2.75) is 33.1 Å². The number of hydrogen-bond acceptors (Lipinski definition) is 2. The highest BCUT2D eigenvalue weighted by Gasteiger charge is 2.27. The molecule has 0 aliphatic carbocycles. The Balaban J connectivity index is 2.22. The van der Waals surface area contributed by atoms with Gasteiger partial charge in [0.15, 0.2) is 0 Å². The summed E-state index contributed by atoms with van der Waals surface area (Å²) >= 11 is 0. The topological polar surface area (TPSA) is 66.4 Å². The molecular formula is C14H17NO3. The Morgan fingerprint density at radius 3 is 2.78 bits per heavy atom. The average Bonchev–Trinajstić information content (AvgIpc) is 2.28. The van der Waals surface area contributed by atoms with Crippen molar-refractivity contribution in [1.29, 1.82) is 0 Å². The molecule has 1 aliphatic heterocycles. The highest BCUT2D eigenvalue weighted by Crippen LogP contribution is 2.27. The molecule has 4 heteroatoms. The van der Waals surface area contributed by atoms with E-state index in [1.54, 1.807) is 13.8 Å². The molecule has 2 N–H and O–H groups in total. The standard InChI is InChI=1S/C14H17NO3/c1-14(2,13(17)18)8-9-3-5-11-10(7-9)4-6-12(16)15-11/h3,5,7H,4,6,8H2,1-2H3,(H,15,16)(H,17,18). The number of fused-ring (bicyclic) bond motifs is 1. The van der Waals surface area contributed by atoms with Gasteiger partial charge in [0.25, 0.3) is 0 Å². The van der Waals surface area contributed by atoms with Crippen molar-refractivity contribution in [3.8, 4) is 0 Å². The molecule has 96 valence electrons. The fourth-order valence-electron chi connectivity index (χ4n) is 2.13. The van der Waals surface area contributed by atoms with Gasteiger partial charge >= 0.3 is 5.97 Å². The lowest BCUT2D eigenvalue weighted by molar-refractivity contribution is -0.146. The molecule has 1 heterocycles. The molecule has 0 saturated carbocycles. The smallest absolute Gasteiger partial charge is 0.309 e. The molecule has 4 nitrogen and oxygen atoms in total. The van der Waals surface area contributed by atoms with Crippen molar-refractivity contribution in [3.63, 3.8) is 0 Å². The van der Waals surface area contributed by atoms with Crippen LogP contribution in [0.5, 0.6) is 0 Å². The first-order valence-electron chi connectivity index (χ1n) is 6.03. The number of carbonyl (C=O) groups excluding carboxylic acids is 1. The number of carbonyl (C=O) groups is 2. The Morgan fingerprint density at radius 1 is 1.39 bits per heavy atom. The van der Waals surface area contributed by atoms with Gasteiger partial charge in [0.05, 0.1) is 5.41 Å². The first-order valence-corrected chi connectivity index (χ1v) is 6.03. The molecule has 2 rings (SSSR count). The van der Waals surface area contributed by atoms with Crippen molar-refractivity contribution >= 4 is 17.6 Å². The van der Waals surface area contributed by atoms with E-state index in [0.29, 0.717) is 12.8 Å². The predicted molar refractivity (Wildman–Crippen MR) is 68.5 cm³/mol. The van der Waals surface area contributed by atoms with Gasteiger partial charge in [0.2, 0.25) is 5.91 Å². The summed E-state index contributed by atoms with van der Waals surface area (Å²) in [5, 5.41) is 11.9. The molecular weight excluding hydrogens is 230 g/mol. The first kappa shape index (κ1) is 12.6. The number of benzene rings is 1. The molecule has 0 bridgehead atoms. The third kappa shape index (κ3) is 2.53. The molecule has 0 radical (unpaired) electrons. The summed E-state index contributed by atoms with van der Waals surface area (Å²) in [6.07, 6.45) is 1.71. The van der Waals surface area contributed by atoms with Gasteiger partial charge in [-0.2, -0.15) is 0 Å². The molecule has 0 aromatic heterocycles. The Hall–Kier alpha value is -1.84. The van der Waals surface area contributed by atoms with Gasteiger partial charge in [-0.25, -0.2) is 0 Å². The summed E-state index contributed by atoms with van der Waals surface area (Å²) in [5.74, 6) is -0.755. The number of rotatable bonds is 3. The summed E-state index contributed by atoms with van der Waals surface area (Å²) in [6, 6.07) is 5.74. The Morgan fingerprint density at radius 2 is 2.11 bits per heavy atom. The fourth-order valence-corrected chi connectivity index (χ4v) is 2.13. The maximum atomic E-state index is 11.2. The lowest BCUT2D eigenvalue weighted by atomic mass is 9.85. The highest BCUT2D eigenvalue weighted by atomic mass is 16.4. The van der Waals surface area contributed by atoms with E-state index in [2.05, 4.69) is 5.32 Å². The van der Waals surface area contributed by atoms with Gasteiger partial charge in [0.1, 0.15) is 0 Å². The van der Waals surface area contributed by atoms with E-state index in [0.717, 1.165) is 23.2 Å². The normalized spacial score (nSPS) is 14.9. The fraction of sp³-hybridized carbons (Fsp3) is 0.429. The van der Waals surface area contributed by atoms with Crippen molar-refractivity contribution < 1.29 is 14.7 Å². The Bertz CT molecular complexity index is 506. The van der Waals surface area contributed by atoms with Gasteiger partial charge < -0.3 is 10.4 Å². The third-order valence-electron chi connectivity index (χ3n) is 3.29. The number of aryl methyl sites for hydroxylation is 1.